The minimum absolute atomic E-state index is 0.236. The Labute approximate surface area is 105 Å². The van der Waals surface area contributed by atoms with Crippen LogP contribution in [0.25, 0.3) is 0 Å². The summed E-state index contributed by atoms with van der Waals surface area (Å²) >= 11 is 0. The fourth-order valence-corrected chi connectivity index (χ4v) is 1.59. The molecule has 1 unspecified atom stereocenters. The van der Waals surface area contributed by atoms with Gasteiger partial charge in [0.2, 0.25) is 0 Å². The summed E-state index contributed by atoms with van der Waals surface area (Å²) in [5.74, 6) is 0.00642. The summed E-state index contributed by atoms with van der Waals surface area (Å²) in [4.78, 5) is 9.85. The Morgan fingerprint density at radius 3 is 2.61 bits per heavy atom. The number of rotatable bonds is 6. The largest absolute Gasteiger partial charge is 0.382 e. The van der Waals surface area contributed by atoms with Crippen molar-refractivity contribution in [1.82, 2.24) is 0 Å². The molecular weight excluding hydrogens is 237 g/mol. The normalized spacial score (nSPS) is 12.5. The van der Waals surface area contributed by atoms with Crippen LogP contribution >= 0.6 is 0 Å². The van der Waals surface area contributed by atoms with E-state index in [0.29, 0.717) is 19.0 Å². The summed E-state index contributed by atoms with van der Waals surface area (Å²) in [5, 5.41) is 13.4. The standard InChI is InChI=1S/C12H18FN3O2/c1-8(2)9(6-14)7-15-12-4-3-10(16(17)18)5-11(12)13/h3-5,8-9,15H,6-7,14H2,1-2H3. The van der Waals surface area contributed by atoms with Gasteiger partial charge in [0.25, 0.3) is 5.69 Å². The Morgan fingerprint density at radius 1 is 1.50 bits per heavy atom. The van der Waals surface area contributed by atoms with E-state index in [0.717, 1.165) is 6.07 Å². The lowest BCUT2D eigenvalue weighted by atomic mass is 9.96. The molecule has 0 spiro atoms. The highest BCUT2D eigenvalue weighted by Crippen LogP contribution is 2.21. The Hall–Kier alpha value is -1.69. The van der Waals surface area contributed by atoms with E-state index in [2.05, 4.69) is 5.32 Å². The smallest absolute Gasteiger partial charge is 0.272 e. The summed E-state index contributed by atoms with van der Waals surface area (Å²) < 4.78 is 13.6. The van der Waals surface area contributed by atoms with Gasteiger partial charge in [-0.05, 0) is 24.4 Å². The topological polar surface area (TPSA) is 81.2 Å². The summed E-state index contributed by atoms with van der Waals surface area (Å²) in [6.07, 6.45) is 0. The zero-order valence-electron chi connectivity index (χ0n) is 10.5. The number of halogens is 1. The first kappa shape index (κ1) is 14.4. The molecule has 0 saturated heterocycles. The van der Waals surface area contributed by atoms with Crippen LogP contribution in [-0.4, -0.2) is 18.0 Å². The third kappa shape index (κ3) is 3.66. The highest BCUT2D eigenvalue weighted by Gasteiger charge is 2.14. The van der Waals surface area contributed by atoms with E-state index in [4.69, 9.17) is 5.73 Å². The summed E-state index contributed by atoms with van der Waals surface area (Å²) in [6.45, 7) is 5.15. The van der Waals surface area contributed by atoms with Gasteiger partial charge in [0, 0.05) is 12.6 Å². The molecule has 1 aromatic rings. The van der Waals surface area contributed by atoms with Crippen LogP contribution in [0.2, 0.25) is 0 Å². The summed E-state index contributed by atoms with van der Waals surface area (Å²) in [7, 11) is 0. The van der Waals surface area contributed by atoms with Crippen LogP contribution in [0.15, 0.2) is 18.2 Å². The van der Waals surface area contributed by atoms with Gasteiger partial charge < -0.3 is 11.1 Å². The van der Waals surface area contributed by atoms with Crippen molar-refractivity contribution < 1.29 is 9.31 Å². The first-order valence-electron chi connectivity index (χ1n) is 5.83. The van der Waals surface area contributed by atoms with Gasteiger partial charge in [-0.15, -0.1) is 0 Å². The predicted octanol–water partition coefficient (Wildman–Crippen LogP) is 2.38. The average Bonchev–Trinajstić information content (AvgIpc) is 2.30. The van der Waals surface area contributed by atoms with E-state index in [1.807, 2.05) is 13.8 Å². The van der Waals surface area contributed by atoms with Crippen LogP contribution in [0.4, 0.5) is 15.8 Å². The Balaban J connectivity index is 2.71. The van der Waals surface area contributed by atoms with Crippen LogP contribution in [-0.2, 0) is 0 Å². The number of nitrogens with two attached hydrogens (primary N) is 1. The Morgan fingerprint density at radius 2 is 2.17 bits per heavy atom. The number of non-ortho nitro benzene ring substituents is 1. The summed E-state index contributed by atoms with van der Waals surface area (Å²) in [6, 6.07) is 3.56. The van der Waals surface area contributed by atoms with Crippen LogP contribution in [0.1, 0.15) is 13.8 Å². The second kappa shape index (κ2) is 6.30. The molecule has 0 aliphatic carbocycles. The maximum Gasteiger partial charge on any atom is 0.272 e. The lowest BCUT2D eigenvalue weighted by molar-refractivity contribution is -0.385. The molecule has 5 nitrogen and oxygen atoms in total. The molecule has 0 aliphatic rings. The minimum Gasteiger partial charge on any atom is -0.382 e. The second-order valence-corrected chi connectivity index (χ2v) is 4.54. The molecule has 0 aromatic heterocycles. The molecule has 0 radical (unpaired) electrons. The van der Waals surface area contributed by atoms with Crippen molar-refractivity contribution in [1.29, 1.82) is 0 Å². The fraction of sp³-hybridized carbons (Fsp3) is 0.500. The van der Waals surface area contributed by atoms with Gasteiger partial charge in [-0.1, -0.05) is 13.8 Å². The van der Waals surface area contributed by atoms with E-state index in [1.165, 1.54) is 12.1 Å². The maximum absolute atomic E-state index is 13.6. The number of anilines is 1. The lowest BCUT2D eigenvalue weighted by Gasteiger charge is -2.20. The highest BCUT2D eigenvalue weighted by atomic mass is 19.1. The van der Waals surface area contributed by atoms with Crippen LogP contribution < -0.4 is 11.1 Å². The zero-order chi connectivity index (χ0) is 13.7. The third-order valence-corrected chi connectivity index (χ3v) is 2.96. The van der Waals surface area contributed by atoms with E-state index in [1.54, 1.807) is 0 Å². The van der Waals surface area contributed by atoms with Crippen molar-refractivity contribution in [3.63, 3.8) is 0 Å². The summed E-state index contributed by atoms with van der Waals surface area (Å²) in [5.41, 5.74) is 5.63. The number of benzene rings is 1. The maximum atomic E-state index is 13.6. The van der Waals surface area contributed by atoms with Gasteiger partial charge in [-0.2, -0.15) is 0 Å². The molecule has 0 aliphatic heterocycles. The molecule has 6 heteroatoms. The average molecular weight is 255 g/mol. The molecule has 100 valence electrons. The van der Waals surface area contributed by atoms with Crippen molar-refractivity contribution in [2.24, 2.45) is 17.6 Å². The van der Waals surface area contributed by atoms with Gasteiger partial charge in [-0.3, -0.25) is 10.1 Å². The van der Waals surface area contributed by atoms with Gasteiger partial charge >= 0.3 is 0 Å². The van der Waals surface area contributed by atoms with E-state index < -0.39 is 10.7 Å². The van der Waals surface area contributed by atoms with Gasteiger partial charge in [-0.25, -0.2) is 4.39 Å². The molecule has 1 aromatic carbocycles. The fourth-order valence-electron chi connectivity index (χ4n) is 1.59. The predicted molar refractivity (Wildman–Crippen MR) is 68.9 cm³/mol. The SMILES string of the molecule is CC(C)C(CN)CNc1ccc([N+](=O)[O-])cc1F. The molecule has 0 fully saturated rings. The van der Waals surface area contributed by atoms with Crippen molar-refractivity contribution >= 4 is 11.4 Å². The highest BCUT2D eigenvalue weighted by molar-refractivity contribution is 5.50. The van der Waals surface area contributed by atoms with Crippen molar-refractivity contribution in [2.45, 2.75) is 13.8 Å². The quantitative estimate of drug-likeness (QED) is 0.604. The molecule has 1 atom stereocenters. The van der Waals surface area contributed by atoms with E-state index >= 15 is 0 Å². The Kier molecular flexibility index (Phi) is 5.03. The number of hydrogen-bond donors (Lipinski definition) is 2. The number of nitrogens with one attached hydrogen (secondary N) is 1. The van der Waals surface area contributed by atoms with Crippen LogP contribution in [0.3, 0.4) is 0 Å². The monoisotopic (exact) mass is 255 g/mol. The van der Waals surface area contributed by atoms with Gasteiger partial charge in [0.1, 0.15) is 0 Å². The molecule has 3 N–H and O–H groups in total. The number of nitro benzene ring substituents is 1. The first-order chi connectivity index (χ1) is 8.45. The number of nitro groups is 1. The van der Waals surface area contributed by atoms with E-state index in [-0.39, 0.29) is 17.3 Å². The zero-order valence-corrected chi connectivity index (χ0v) is 10.5. The molecular formula is C12H18FN3O2. The van der Waals surface area contributed by atoms with Crippen molar-refractivity contribution in [3.05, 3.63) is 34.1 Å². The molecule has 18 heavy (non-hydrogen) atoms. The van der Waals surface area contributed by atoms with Crippen LogP contribution in [0.5, 0.6) is 0 Å². The van der Waals surface area contributed by atoms with Crippen LogP contribution in [0, 0.1) is 27.8 Å². The van der Waals surface area contributed by atoms with Gasteiger partial charge in [0.05, 0.1) is 16.7 Å². The number of hydrogen-bond acceptors (Lipinski definition) is 4. The molecule has 0 amide bonds. The lowest BCUT2D eigenvalue weighted by Crippen LogP contribution is -2.27. The van der Waals surface area contributed by atoms with E-state index in [9.17, 15) is 14.5 Å². The Bertz CT molecular complexity index is 424. The van der Waals surface area contributed by atoms with Crippen molar-refractivity contribution in [2.75, 3.05) is 18.4 Å². The number of nitrogens with zero attached hydrogens (tertiary/aromatic N) is 1. The second-order valence-electron chi connectivity index (χ2n) is 4.54. The minimum atomic E-state index is -0.622. The third-order valence-electron chi connectivity index (χ3n) is 2.96. The van der Waals surface area contributed by atoms with Gasteiger partial charge in [0.15, 0.2) is 5.82 Å². The molecule has 0 saturated carbocycles. The first-order valence-corrected chi connectivity index (χ1v) is 5.83. The van der Waals surface area contributed by atoms with Crippen molar-refractivity contribution in [3.8, 4) is 0 Å². The molecule has 1 rings (SSSR count). The molecule has 0 bridgehead atoms. The molecule has 0 heterocycles.